The van der Waals surface area contributed by atoms with Crippen molar-refractivity contribution in [1.29, 1.82) is 0 Å². The lowest BCUT2D eigenvalue weighted by molar-refractivity contribution is 0.531. The number of sulfone groups is 1. The lowest BCUT2D eigenvalue weighted by Crippen LogP contribution is -2.12. The summed E-state index contributed by atoms with van der Waals surface area (Å²) in [5.74, 6) is -0.0365. The second kappa shape index (κ2) is 5.49. The summed E-state index contributed by atoms with van der Waals surface area (Å²) in [6.45, 7) is 0.780. The van der Waals surface area contributed by atoms with Crippen LogP contribution in [-0.2, 0) is 9.84 Å². The van der Waals surface area contributed by atoms with E-state index >= 15 is 0 Å². The summed E-state index contributed by atoms with van der Waals surface area (Å²) in [7, 11) is -1.60. The second-order valence-corrected chi connectivity index (χ2v) is 4.48. The van der Waals surface area contributed by atoms with E-state index in [0.29, 0.717) is 6.42 Å². The quantitative estimate of drug-likeness (QED) is 0.603. The molecule has 0 aromatic rings. The molecule has 0 aliphatic carbocycles. The fourth-order valence-corrected chi connectivity index (χ4v) is 1.43. The first-order valence-electron chi connectivity index (χ1n) is 3.53. The molecule has 0 heterocycles. The van der Waals surface area contributed by atoms with Crippen molar-refractivity contribution in [3.8, 4) is 0 Å². The zero-order valence-electron chi connectivity index (χ0n) is 6.64. The summed E-state index contributed by atoms with van der Waals surface area (Å²) in [5.41, 5.74) is 0. The van der Waals surface area contributed by atoms with Gasteiger partial charge in [0.05, 0.1) is 5.75 Å². The fourth-order valence-electron chi connectivity index (χ4n) is 0.678. The van der Waals surface area contributed by atoms with Crippen LogP contribution < -0.4 is 5.32 Å². The highest BCUT2D eigenvalue weighted by molar-refractivity contribution is 7.91. The number of rotatable bonds is 6. The van der Waals surface area contributed by atoms with Gasteiger partial charge in [-0.1, -0.05) is 0 Å². The highest BCUT2D eigenvalue weighted by atomic mass is 32.2. The van der Waals surface area contributed by atoms with E-state index in [2.05, 4.69) is 5.32 Å². The lowest BCUT2D eigenvalue weighted by Gasteiger charge is -1.98. The molecule has 3 nitrogen and oxygen atoms in total. The number of unbranched alkanes of at least 4 members (excludes halogenated alkanes) is 1. The van der Waals surface area contributed by atoms with E-state index in [1.165, 1.54) is 0 Å². The van der Waals surface area contributed by atoms with E-state index in [-0.39, 0.29) is 5.75 Å². The molecule has 0 unspecified atom stereocenters. The monoisotopic (exact) mass is 183 g/mol. The third-order valence-corrected chi connectivity index (χ3v) is 2.54. The summed E-state index contributed by atoms with van der Waals surface area (Å²) in [4.78, 5) is 0. The van der Waals surface area contributed by atoms with Crippen LogP contribution in [0.2, 0.25) is 0 Å². The Morgan fingerprint density at radius 2 is 2.00 bits per heavy atom. The zero-order valence-corrected chi connectivity index (χ0v) is 7.45. The van der Waals surface area contributed by atoms with E-state index in [1.54, 1.807) is 7.05 Å². The predicted molar refractivity (Wildman–Crippen MR) is 42.9 cm³/mol. The van der Waals surface area contributed by atoms with E-state index in [1.807, 2.05) is 0 Å². The number of alkyl halides is 1. The Kier molecular flexibility index (Phi) is 5.41. The van der Waals surface area contributed by atoms with Crippen LogP contribution >= 0.6 is 0 Å². The summed E-state index contributed by atoms with van der Waals surface area (Å²) in [6.07, 6.45) is 1.31. The first-order chi connectivity index (χ1) is 5.12. The first kappa shape index (κ1) is 10.8. The largest absolute Gasteiger partial charge is 0.320 e. The van der Waals surface area contributed by atoms with Gasteiger partial charge in [0.15, 0.2) is 15.8 Å². The Labute approximate surface area is 66.9 Å². The van der Waals surface area contributed by atoms with Gasteiger partial charge in [-0.25, -0.2) is 12.8 Å². The van der Waals surface area contributed by atoms with Crippen molar-refractivity contribution in [2.45, 2.75) is 12.8 Å². The molecule has 0 saturated carbocycles. The molecule has 5 heteroatoms. The first-order valence-corrected chi connectivity index (χ1v) is 5.35. The normalized spacial score (nSPS) is 11.8. The van der Waals surface area contributed by atoms with Gasteiger partial charge in [-0.3, -0.25) is 0 Å². The second-order valence-electron chi connectivity index (χ2n) is 2.37. The van der Waals surface area contributed by atoms with Gasteiger partial charge in [0.25, 0.3) is 0 Å². The smallest absolute Gasteiger partial charge is 0.190 e. The van der Waals surface area contributed by atoms with E-state index in [9.17, 15) is 12.8 Å². The Hall–Kier alpha value is -0.160. The highest BCUT2D eigenvalue weighted by Gasteiger charge is 2.07. The van der Waals surface area contributed by atoms with Crippen molar-refractivity contribution in [3.05, 3.63) is 0 Å². The average Bonchev–Trinajstić information content (AvgIpc) is 1.99. The van der Waals surface area contributed by atoms with Crippen LogP contribution in [-0.4, -0.2) is 33.8 Å². The lowest BCUT2D eigenvalue weighted by atomic mass is 10.3. The number of halogens is 1. The molecular weight excluding hydrogens is 169 g/mol. The molecular formula is C6H14FNO2S. The van der Waals surface area contributed by atoms with Crippen LogP contribution in [0.5, 0.6) is 0 Å². The molecule has 0 aromatic carbocycles. The maximum atomic E-state index is 11.7. The standard InChI is InChI=1S/C6H14FNO2S/c1-8-4-2-3-5-11(9,10)6-7/h8H,2-6H2,1H3. The van der Waals surface area contributed by atoms with E-state index in [4.69, 9.17) is 0 Å². The molecule has 0 spiro atoms. The third kappa shape index (κ3) is 6.25. The van der Waals surface area contributed by atoms with Gasteiger partial charge in [-0.05, 0) is 26.4 Å². The van der Waals surface area contributed by atoms with Crippen molar-refractivity contribution in [2.24, 2.45) is 0 Å². The van der Waals surface area contributed by atoms with Crippen molar-refractivity contribution in [3.63, 3.8) is 0 Å². The minimum atomic E-state index is -3.39. The zero-order chi connectivity index (χ0) is 8.74. The Morgan fingerprint density at radius 1 is 1.36 bits per heavy atom. The van der Waals surface area contributed by atoms with Crippen molar-refractivity contribution in [2.75, 3.05) is 25.4 Å². The molecule has 0 aromatic heterocycles. The Morgan fingerprint density at radius 3 is 2.45 bits per heavy atom. The summed E-state index contributed by atoms with van der Waals surface area (Å²) in [6, 6.07) is -1.23. The topological polar surface area (TPSA) is 46.2 Å². The van der Waals surface area contributed by atoms with Crippen molar-refractivity contribution >= 4 is 9.84 Å². The van der Waals surface area contributed by atoms with Crippen molar-refractivity contribution < 1.29 is 12.8 Å². The van der Waals surface area contributed by atoms with Gasteiger partial charge in [0, 0.05) is 0 Å². The van der Waals surface area contributed by atoms with Crippen LogP contribution in [0, 0.1) is 0 Å². The fraction of sp³-hybridized carbons (Fsp3) is 1.00. The molecule has 0 aliphatic heterocycles. The van der Waals surface area contributed by atoms with Crippen LogP contribution in [0.15, 0.2) is 0 Å². The van der Waals surface area contributed by atoms with Gasteiger partial charge in [-0.2, -0.15) is 0 Å². The van der Waals surface area contributed by atoms with Gasteiger partial charge in [0.2, 0.25) is 0 Å². The third-order valence-electron chi connectivity index (χ3n) is 1.30. The van der Waals surface area contributed by atoms with Gasteiger partial charge in [-0.15, -0.1) is 0 Å². The molecule has 68 valence electrons. The van der Waals surface area contributed by atoms with Gasteiger partial charge >= 0.3 is 0 Å². The maximum absolute atomic E-state index is 11.7. The molecule has 0 amide bonds. The molecule has 0 fully saturated rings. The summed E-state index contributed by atoms with van der Waals surface area (Å²) >= 11 is 0. The molecule has 11 heavy (non-hydrogen) atoms. The molecule has 0 radical (unpaired) electrons. The number of nitrogens with one attached hydrogen (secondary N) is 1. The van der Waals surface area contributed by atoms with Gasteiger partial charge < -0.3 is 5.32 Å². The average molecular weight is 183 g/mol. The molecule has 1 N–H and O–H groups in total. The highest BCUT2D eigenvalue weighted by Crippen LogP contribution is 1.96. The minimum Gasteiger partial charge on any atom is -0.320 e. The molecule has 0 aliphatic rings. The predicted octanol–water partition coefficient (Wildman–Crippen LogP) is 0.328. The SMILES string of the molecule is CNCCCCS(=O)(=O)CF. The Balaban J connectivity index is 3.39. The van der Waals surface area contributed by atoms with Crippen LogP contribution in [0.3, 0.4) is 0 Å². The number of hydrogen-bond acceptors (Lipinski definition) is 3. The van der Waals surface area contributed by atoms with E-state index < -0.39 is 15.8 Å². The van der Waals surface area contributed by atoms with Crippen LogP contribution in [0.4, 0.5) is 4.39 Å². The minimum absolute atomic E-state index is 0.0365. The summed E-state index contributed by atoms with van der Waals surface area (Å²) in [5, 5.41) is 2.88. The van der Waals surface area contributed by atoms with E-state index in [0.717, 1.165) is 13.0 Å². The molecule has 0 rings (SSSR count). The van der Waals surface area contributed by atoms with Crippen LogP contribution in [0.1, 0.15) is 12.8 Å². The number of hydrogen-bond donors (Lipinski definition) is 1. The molecule has 0 saturated heterocycles. The Bertz CT molecular complexity index is 179. The maximum Gasteiger partial charge on any atom is 0.190 e. The van der Waals surface area contributed by atoms with Gasteiger partial charge in [0.1, 0.15) is 0 Å². The molecule has 0 bridgehead atoms. The molecule has 0 atom stereocenters. The van der Waals surface area contributed by atoms with Crippen LogP contribution in [0.25, 0.3) is 0 Å². The summed E-state index contributed by atoms with van der Waals surface area (Å²) < 4.78 is 32.8. The van der Waals surface area contributed by atoms with Crippen molar-refractivity contribution in [1.82, 2.24) is 5.32 Å².